The van der Waals surface area contributed by atoms with Crippen LogP contribution in [-0.4, -0.2) is 0 Å². The van der Waals surface area contributed by atoms with Crippen LogP contribution >= 0.6 is 0 Å². The van der Waals surface area contributed by atoms with E-state index in [1.807, 2.05) is 24.3 Å². The maximum Gasteiger partial charge on any atom is 0.194 e. The highest BCUT2D eigenvalue weighted by molar-refractivity contribution is 5.63. The van der Waals surface area contributed by atoms with Crippen molar-refractivity contribution in [2.45, 2.75) is 70.6 Å². The molecule has 2 aromatic rings. The Hall–Kier alpha value is -1.77. The van der Waals surface area contributed by atoms with Crippen LogP contribution in [-0.2, 0) is 6.42 Å². The van der Waals surface area contributed by atoms with Crippen molar-refractivity contribution >= 4 is 0 Å². The summed E-state index contributed by atoms with van der Waals surface area (Å²) in [6, 6.07) is 9.91. The molecule has 0 amide bonds. The van der Waals surface area contributed by atoms with Crippen LogP contribution < -0.4 is 0 Å². The Balaban J connectivity index is 1.25. The highest BCUT2D eigenvalue weighted by Crippen LogP contribution is 2.38. The molecule has 156 valence electrons. The van der Waals surface area contributed by atoms with Crippen molar-refractivity contribution in [1.82, 2.24) is 0 Å². The van der Waals surface area contributed by atoms with Crippen LogP contribution in [0.1, 0.15) is 69.8 Å². The van der Waals surface area contributed by atoms with Crippen LogP contribution in [0.15, 0.2) is 36.4 Å². The summed E-state index contributed by atoms with van der Waals surface area (Å²) in [5.74, 6) is -0.901. The van der Waals surface area contributed by atoms with E-state index in [0.717, 1.165) is 36.3 Å². The molecule has 2 aliphatic rings. The lowest BCUT2D eigenvalue weighted by atomic mass is 9.76. The van der Waals surface area contributed by atoms with E-state index in [0.29, 0.717) is 11.1 Å². The Labute approximate surface area is 172 Å². The van der Waals surface area contributed by atoms with Crippen molar-refractivity contribution in [3.8, 4) is 11.1 Å². The van der Waals surface area contributed by atoms with Crippen molar-refractivity contribution in [3.63, 3.8) is 0 Å². The Morgan fingerprint density at radius 1 is 0.655 bits per heavy atom. The zero-order chi connectivity index (χ0) is 20.2. The van der Waals surface area contributed by atoms with E-state index < -0.39 is 17.5 Å². The van der Waals surface area contributed by atoms with Gasteiger partial charge in [0.2, 0.25) is 0 Å². The molecule has 2 fully saturated rings. The summed E-state index contributed by atoms with van der Waals surface area (Å²) < 4.78 is 40.1. The lowest BCUT2D eigenvalue weighted by molar-refractivity contribution is 0.229. The van der Waals surface area contributed by atoms with Crippen molar-refractivity contribution in [2.75, 3.05) is 0 Å². The molecule has 2 aliphatic carbocycles. The molecule has 0 aliphatic heterocycles. The van der Waals surface area contributed by atoms with Gasteiger partial charge in [0.1, 0.15) is 0 Å². The second kappa shape index (κ2) is 9.36. The molecular weight excluding hydrogens is 369 g/mol. The van der Waals surface area contributed by atoms with Crippen LogP contribution in [0.5, 0.6) is 0 Å². The van der Waals surface area contributed by atoms with Gasteiger partial charge in [-0.2, -0.15) is 0 Å². The fraction of sp³-hybridized carbons (Fsp3) is 0.538. The van der Waals surface area contributed by atoms with Gasteiger partial charge in [0.25, 0.3) is 0 Å². The summed E-state index contributed by atoms with van der Waals surface area (Å²) in [4.78, 5) is 0. The minimum absolute atomic E-state index is 0.369. The molecule has 0 saturated heterocycles. The third-order valence-electron chi connectivity index (χ3n) is 7.22. The summed E-state index contributed by atoms with van der Waals surface area (Å²) in [5, 5.41) is 0. The van der Waals surface area contributed by atoms with E-state index in [1.54, 1.807) is 0 Å². The lowest BCUT2D eigenvalue weighted by Gasteiger charge is -2.30. The number of hydrogen-bond acceptors (Lipinski definition) is 0. The van der Waals surface area contributed by atoms with Crippen LogP contribution in [0.3, 0.4) is 0 Å². The first-order chi connectivity index (χ1) is 14.1. The number of halogens is 3. The summed E-state index contributed by atoms with van der Waals surface area (Å²) >= 11 is 0. The Kier molecular flexibility index (Phi) is 6.62. The summed E-state index contributed by atoms with van der Waals surface area (Å²) in [6.07, 6.45) is 15.1. The van der Waals surface area contributed by atoms with E-state index in [2.05, 4.69) is 0 Å². The smallest absolute Gasteiger partial charge is 0.194 e. The van der Waals surface area contributed by atoms with E-state index >= 15 is 0 Å². The molecule has 4 rings (SSSR count). The zero-order valence-electron chi connectivity index (χ0n) is 17.1. The molecule has 0 unspecified atom stereocenters. The van der Waals surface area contributed by atoms with E-state index in [9.17, 15) is 13.2 Å². The molecule has 3 heteroatoms. The topological polar surface area (TPSA) is 0 Å². The van der Waals surface area contributed by atoms with Gasteiger partial charge in [-0.25, -0.2) is 13.2 Å². The molecule has 2 saturated carbocycles. The molecule has 2 aromatic carbocycles. The lowest BCUT2D eigenvalue weighted by Crippen LogP contribution is -2.17. The minimum atomic E-state index is -1.41. The van der Waals surface area contributed by atoms with Gasteiger partial charge in [-0.3, -0.25) is 0 Å². The molecule has 0 atom stereocenters. The normalized spacial score (nSPS) is 22.9. The monoisotopic (exact) mass is 400 g/mol. The summed E-state index contributed by atoms with van der Waals surface area (Å²) in [7, 11) is 0. The molecule has 29 heavy (non-hydrogen) atoms. The molecule has 0 heterocycles. The highest BCUT2D eigenvalue weighted by atomic mass is 19.2. The van der Waals surface area contributed by atoms with Gasteiger partial charge < -0.3 is 0 Å². The molecule has 0 radical (unpaired) electrons. The third kappa shape index (κ3) is 5.24. The van der Waals surface area contributed by atoms with E-state index in [-0.39, 0.29) is 0 Å². The zero-order valence-corrected chi connectivity index (χ0v) is 17.1. The summed E-state index contributed by atoms with van der Waals surface area (Å²) in [6.45, 7) is 0. The largest absolute Gasteiger partial charge is 0.204 e. The Morgan fingerprint density at radius 3 is 1.83 bits per heavy atom. The first-order valence-electron chi connectivity index (χ1n) is 11.3. The predicted molar refractivity (Wildman–Crippen MR) is 112 cm³/mol. The molecule has 0 bridgehead atoms. The van der Waals surface area contributed by atoms with E-state index in [1.165, 1.54) is 69.8 Å². The number of benzene rings is 2. The third-order valence-corrected chi connectivity index (χ3v) is 7.22. The first-order valence-corrected chi connectivity index (χ1v) is 11.3. The molecule has 0 aromatic heterocycles. The van der Waals surface area contributed by atoms with Gasteiger partial charge in [0.15, 0.2) is 17.5 Å². The first kappa shape index (κ1) is 20.5. The highest BCUT2D eigenvalue weighted by Gasteiger charge is 2.25. The van der Waals surface area contributed by atoms with Gasteiger partial charge in [-0.05, 0) is 65.8 Å². The second-order valence-electron chi connectivity index (χ2n) is 9.26. The number of rotatable bonds is 6. The van der Waals surface area contributed by atoms with Gasteiger partial charge in [-0.15, -0.1) is 0 Å². The van der Waals surface area contributed by atoms with Crippen molar-refractivity contribution < 1.29 is 13.2 Å². The molecular formula is C26H31F3. The van der Waals surface area contributed by atoms with Gasteiger partial charge in [0.05, 0.1) is 0 Å². The molecule has 0 nitrogen and oxygen atoms in total. The average molecular weight is 401 g/mol. The summed E-state index contributed by atoms with van der Waals surface area (Å²) in [5.41, 5.74) is 2.33. The van der Waals surface area contributed by atoms with Crippen molar-refractivity contribution in [3.05, 3.63) is 59.4 Å². The van der Waals surface area contributed by atoms with Gasteiger partial charge in [-0.1, -0.05) is 75.6 Å². The van der Waals surface area contributed by atoms with Gasteiger partial charge >= 0.3 is 0 Å². The van der Waals surface area contributed by atoms with E-state index in [4.69, 9.17) is 0 Å². The quantitative estimate of drug-likeness (QED) is 0.430. The minimum Gasteiger partial charge on any atom is -0.204 e. The fourth-order valence-corrected chi connectivity index (χ4v) is 5.43. The fourth-order valence-electron chi connectivity index (χ4n) is 5.43. The SMILES string of the molecule is Fc1cc(-c2ccc(CC[C@H]3CC[C@H](CC4CCCC4)CC3)cc2)cc(F)c1F. The van der Waals surface area contributed by atoms with Crippen molar-refractivity contribution in [2.24, 2.45) is 17.8 Å². The maximum absolute atomic E-state index is 13.5. The molecule has 0 spiro atoms. The van der Waals surface area contributed by atoms with Gasteiger partial charge in [0, 0.05) is 0 Å². The Bertz CT molecular complexity index is 774. The second-order valence-corrected chi connectivity index (χ2v) is 9.26. The maximum atomic E-state index is 13.5. The molecule has 0 N–H and O–H groups in total. The average Bonchev–Trinajstić information content (AvgIpc) is 3.24. The number of aryl methyl sites for hydroxylation is 1. The van der Waals surface area contributed by atoms with Crippen molar-refractivity contribution in [1.29, 1.82) is 0 Å². The Morgan fingerprint density at radius 2 is 1.21 bits per heavy atom. The predicted octanol–water partition coefficient (Wildman–Crippen LogP) is 8.09. The standard InChI is InChI=1S/C26H31F3/c27-24-16-23(17-25(28)26(24)29)22-13-11-19(12-14-22)6-5-18-7-9-21(10-8-18)15-20-3-1-2-4-20/h11-14,16-18,20-21H,1-10,15H2/t18-,21-. The number of hydrogen-bond donors (Lipinski definition) is 0. The van der Waals surface area contributed by atoms with Crippen LogP contribution in [0.25, 0.3) is 11.1 Å². The van der Waals surface area contributed by atoms with Crippen LogP contribution in [0, 0.1) is 35.2 Å². The van der Waals surface area contributed by atoms with Crippen LogP contribution in [0.4, 0.5) is 13.2 Å². The van der Waals surface area contributed by atoms with Crippen LogP contribution in [0.2, 0.25) is 0 Å².